The Balaban J connectivity index is 1.91. The summed E-state index contributed by atoms with van der Waals surface area (Å²) in [6.45, 7) is 3.10. The van der Waals surface area contributed by atoms with Gasteiger partial charge < -0.3 is 9.16 Å². The topological polar surface area (TPSA) is 18.5 Å². The molecule has 1 aliphatic rings. The largest absolute Gasteiger partial charge is 0.393 e. The van der Waals surface area contributed by atoms with E-state index in [0.717, 1.165) is 13.0 Å². The van der Waals surface area contributed by atoms with E-state index in [1.165, 1.54) is 31.7 Å². The van der Waals surface area contributed by atoms with E-state index in [2.05, 4.69) is 6.92 Å². The minimum Gasteiger partial charge on any atom is -0.393 e. The van der Waals surface area contributed by atoms with Crippen molar-refractivity contribution in [3.63, 3.8) is 0 Å². The summed E-state index contributed by atoms with van der Waals surface area (Å²) in [5.41, 5.74) is 0. The molecule has 1 fully saturated rings. The van der Waals surface area contributed by atoms with E-state index < -0.39 is 0 Å². The van der Waals surface area contributed by atoms with Gasteiger partial charge in [0, 0.05) is 6.61 Å². The molecule has 0 aliphatic carbocycles. The highest BCUT2D eigenvalue weighted by molar-refractivity contribution is 6.27. The zero-order valence-corrected chi connectivity index (χ0v) is 8.84. The molecule has 12 heavy (non-hydrogen) atoms. The van der Waals surface area contributed by atoms with Crippen LogP contribution in [0.4, 0.5) is 0 Å². The van der Waals surface area contributed by atoms with Crippen LogP contribution in [0.1, 0.15) is 39.0 Å². The van der Waals surface area contributed by atoms with Gasteiger partial charge in [0.05, 0.1) is 0 Å². The first-order valence-electron chi connectivity index (χ1n) is 4.93. The monoisotopic (exact) mass is 186 g/mol. The molecule has 2 nitrogen and oxygen atoms in total. The van der Waals surface area contributed by atoms with Crippen molar-refractivity contribution in [1.82, 2.24) is 0 Å². The first-order chi connectivity index (χ1) is 5.93. The fourth-order valence-corrected chi connectivity index (χ4v) is 2.19. The Hall–Kier alpha value is 0.137. The molecule has 0 aromatic heterocycles. The van der Waals surface area contributed by atoms with Crippen LogP contribution < -0.4 is 0 Å². The summed E-state index contributed by atoms with van der Waals surface area (Å²) < 4.78 is 11.0. The van der Waals surface area contributed by atoms with Crippen LogP contribution in [0.15, 0.2) is 0 Å². The number of hydrogen-bond donors (Lipinski definition) is 0. The molecule has 1 aliphatic heterocycles. The average Bonchev–Trinajstić information content (AvgIpc) is 2.14. The van der Waals surface area contributed by atoms with Crippen molar-refractivity contribution in [2.24, 2.45) is 0 Å². The quantitative estimate of drug-likeness (QED) is 0.485. The lowest BCUT2D eigenvalue weighted by Gasteiger charge is -2.22. The fraction of sp³-hybridized carbons (Fsp3) is 1.00. The second-order valence-electron chi connectivity index (χ2n) is 3.16. The Morgan fingerprint density at radius 1 is 1.50 bits per heavy atom. The van der Waals surface area contributed by atoms with Gasteiger partial charge in [0.25, 0.3) is 0 Å². The zero-order chi connectivity index (χ0) is 8.65. The van der Waals surface area contributed by atoms with Gasteiger partial charge in [0.1, 0.15) is 6.29 Å². The highest BCUT2D eigenvalue weighted by Crippen LogP contribution is 2.13. The zero-order valence-electron chi connectivity index (χ0n) is 7.84. The maximum absolute atomic E-state index is 5.59. The molecule has 1 rings (SSSR count). The van der Waals surface area contributed by atoms with Crippen molar-refractivity contribution in [1.29, 1.82) is 0 Å². The third kappa shape index (κ3) is 4.23. The third-order valence-corrected chi connectivity index (χ3v) is 2.97. The highest BCUT2D eigenvalue weighted by Gasteiger charge is 2.13. The van der Waals surface area contributed by atoms with Crippen molar-refractivity contribution in [3.8, 4) is 0 Å². The molecule has 0 saturated carbocycles. The van der Waals surface area contributed by atoms with Gasteiger partial charge in [-0.1, -0.05) is 19.8 Å². The van der Waals surface area contributed by atoms with Crippen LogP contribution in [0.3, 0.4) is 0 Å². The Labute approximate surface area is 77.6 Å². The molecule has 0 spiro atoms. The maximum Gasteiger partial charge on any atom is 0.233 e. The van der Waals surface area contributed by atoms with Gasteiger partial charge in [-0.05, 0) is 25.3 Å². The molecule has 0 aromatic rings. The van der Waals surface area contributed by atoms with Crippen LogP contribution in [-0.4, -0.2) is 22.7 Å². The van der Waals surface area contributed by atoms with E-state index in [9.17, 15) is 0 Å². The predicted octanol–water partition coefficient (Wildman–Crippen LogP) is 2.37. The lowest BCUT2D eigenvalue weighted by atomic mass is 10.2. The van der Waals surface area contributed by atoms with Gasteiger partial charge in [-0.3, -0.25) is 0 Å². The van der Waals surface area contributed by atoms with E-state index in [1.54, 1.807) is 0 Å². The Morgan fingerprint density at radius 2 is 2.42 bits per heavy atom. The van der Waals surface area contributed by atoms with Gasteiger partial charge in [-0.2, -0.15) is 0 Å². The SMILES string of the molecule is CCCC[Si]OC1CCCCO1. The van der Waals surface area contributed by atoms with Crippen molar-refractivity contribution in [2.75, 3.05) is 6.61 Å². The normalized spacial score (nSPS) is 24.2. The van der Waals surface area contributed by atoms with Crippen LogP contribution in [0.2, 0.25) is 6.04 Å². The molecular formula is C9H18O2Si. The Kier molecular flexibility index (Phi) is 5.65. The van der Waals surface area contributed by atoms with Crippen LogP contribution in [0, 0.1) is 0 Å². The summed E-state index contributed by atoms with van der Waals surface area (Å²) in [5.74, 6) is 0. The van der Waals surface area contributed by atoms with Gasteiger partial charge in [0.15, 0.2) is 0 Å². The molecular weight excluding hydrogens is 168 g/mol. The first kappa shape index (κ1) is 10.2. The summed E-state index contributed by atoms with van der Waals surface area (Å²) in [7, 11) is 0.645. The van der Waals surface area contributed by atoms with E-state index in [1.807, 2.05) is 0 Å². The van der Waals surface area contributed by atoms with Gasteiger partial charge in [-0.15, -0.1) is 0 Å². The summed E-state index contributed by atoms with van der Waals surface area (Å²) in [5, 5.41) is 0. The van der Waals surface area contributed by atoms with Crippen molar-refractivity contribution in [3.05, 3.63) is 0 Å². The molecule has 0 bridgehead atoms. The van der Waals surface area contributed by atoms with Crippen molar-refractivity contribution >= 4 is 9.76 Å². The second-order valence-corrected chi connectivity index (χ2v) is 4.19. The molecule has 1 saturated heterocycles. The van der Waals surface area contributed by atoms with E-state index in [4.69, 9.17) is 9.16 Å². The van der Waals surface area contributed by atoms with E-state index in [0.29, 0.717) is 9.76 Å². The van der Waals surface area contributed by atoms with Gasteiger partial charge in [-0.25, -0.2) is 0 Å². The molecule has 0 amide bonds. The van der Waals surface area contributed by atoms with E-state index >= 15 is 0 Å². The first-order valence-corrected chi connectivity index (χ1v) is 6.05. The Bertz CT molecular complexity index is 103. The minimum atomic E-state index is 0.119. The van der Waals surface area contributed by atoms with Gasteiger partial charge >= 0.3 is 0 Å². The number of hydrogen-bond acceptors (Lipinski definition) is 2. The summed E-state index contributed by atoms with van der Waals surface area (Å²) >= 11 is 0. The summed E-state index contributed by atoms with van der Waals surface area (Å²) in [6.07, 6.45) is 6.24. The molecule has 0 aromatic carbocycles. The summed E-state index contributed by atoms with van der Waals surface area (Å²) in [6, 6.07) is 1.20. The van der Waals surface area contributed by atoms with Crippen molar-refractivity contribution in [2.45, 2.75) is 51.4 Å². The van der Waals surface area contributed by atoms with Crippen LogP contribution in [0.25, 0.3) is 0 Å². The Morgan fingerprint density at radius 3 is 3.08 bits per heavy atom. The molecule has 1 atom stereocenters. The van der Waals surface area contributed by atoms with Crippen molar-refractivity contribution < 1.29 is 9.16 Å². The number of rotatable bonds is 5. The standard InChI is InChI=1S/C9H18O2Si/c1-2-3-8-12-11-9-6-4-5-7-10-9/h9H,2-8H2,1H3. The van der Waals surface area contributed by atoms with Crippen LogP contribution in [-0.2, 0) is 9.16 Å². The predicted molar refractivity (Wildman–Crippen MR) is 50.1 cm³/mol. The lowest BCUT2D eigenvalue weighted by molar-refractivity contribution is -0.105. The molecule has 0 N–H and O–H groups in total. The van der Waals surface area contributed by atoms with Crippen LogP contribution >= 0.6 is 0 Å². The minimum absolute atomic E-state index is 0.119. The summed E-state index contributed by atoms with van der Waals surface area (Å²) in [4.78, 5) is 0. The second kappa shape index (κ2) is 6.63. The smallest absolute Gasteiger partial charge is 0.233 e. The lowest BCUT2D eigenvalue weighted by Crippen LogP contribution is -2.23. The molecule has 70 valence electrons. The highest BCUT2D eigenvalue weighted by atomic mass is 28.2. The number of unbranched alkanes of at least 4 members (excludes halogenated alkanes) is 1. The average molecular weight is 186 g/mol. The molecule has 1 unspecified atom stereocenters. The molecule has 3 heteroatoms. The number of ether oxygens (including phenoxy) is 1. The third-order valence-electron chi connectivity index (χ3n) is 1.99. The molecule has 1 heterocycles. The fourth-order valence-electron chi connectivity index (χ4n) is 1.20. The van der Waals surface area contributed by atoms with Crippen LogP contribution in [0.5, 0.6) is 0 Å². The van der Waals surface area contributed by atoms with Gasteiger partial charge in [0.2, 0.25) is 9.76 Å². The molecule has 2 radical (unpaired) electrons. The maximum atomic E-state index is 5.59. The van der Waals surface area contributed by atoms with E-state index in [-0.39, 0.29) is 6.29 Å².